The highest BCUT2D eigenvalue weighted by Gasteiger charge is 2.14. The fraction of sp³-hybridized carbons (Fsp3) is 0.143. The molecule has 0 aliphatic heterocycles. The number of hydrogen-bond acceptors (Lipinski definition) is 5. The van der Waals surface area contributed by atoms with Crippen LogP contribution in [0, 0.1) is 19.7 Å². The van der Waals surface area contributed by atoms with E-state index in [0.29, 0.717) is 11.3 Å². The molecule has 2 aromatic carbocycles. The molecule has 0 radical (unpaired) electrons. The van der Waals surface area contributed by atoms with Gasteiger partial charge in [0.05, 0.1) is 6.33 Å². The third-order valence-electron chi connectivity index (χ3n) is 4.56. The minimum Gasteiger partial charge on any atom is -0.334 e. The van der Waals surface area contributed by atoms with Crippen molar-refractivity contribution in [3.05, 3.63) is 71.9 Å². The first-order valence-corrected chi connectivity index (χ1v) is 8.97. The number of carbonyl (C=O) groups is 1. The maximum Gasteiger partial charge on any atom is 0.258 e. The highest BCUT2D eigenvalue weighted by atomic mass is 19.1. The minimum absolute atomic E-state index is 0.0922. The standard InChI is InChI=1S/C21H18FN5O2/c1-13-5-3-8-17(14(13)2)24-19(28)11-27-10-18(23-12-27)20-25-21(29-26-20)15-6-4-7-16(22)9-15/h3-10,12H,11H2,1-2H3,(H,24,28). The van der Waals surface area contributed by atoms with Crippen LogP contribution < -0.4 is 5.32 Å². The molecule has 0 unspecified atom stereocenters. The molecule has 0 fully saturated rings. The van der Waals surface area contributed by atoms with Crippen molar-refractivity contribution in [2.24, 2.45) is 0 Å². The Labute approximate surface area is 166 Å². The molecule has 0 atom stereocenters. The Bertz CT molecular complexity index is 1180. The Balaban J connectivity index is 1.46. The molecule has 29 heavy (non-hydrogen) atoms. The van der Waals surface area contributed by atoms with Crippen LogP contribution in [0.2, 0.25) is 0 Å². The second kappa shape index (κ2) is 7.67. The summed E-state index contributed by atoms with van der Waals surface area (Å²) in [5.74, 6) is -0.0998. The van der Waals surface area contributed by atoms with E-state index >= 15 is 0 Å². The lowest BCUT2D eigenvalue weighted by atomic mass is 10.1. The number of halogens is 1. The summed E-state index contributed by atoms with van der Waals surface area (Å²) in [5, 5.41) is 6.80. The highest BCUT2D eigenvalue weighted by molar-refractivity contribution is 5.91. The smallest absolute Gasteiger partial charge is 0.258 e. The molecule has 7 nitrogen and oxygen atoms in total. The average molecular weight is 391 g/mol. The van der Waals surface area contributed by atoms with Gasteiger partial charge in [-0.05, 0) is 49.2 Å². The molecule has 8 heteroatoms. The van der Waals surface area contributed by atoms with E-state index in [0.717, 1.165) is 16.8 Å². The first-order chi connectivity index (χ1) is 14.0. The number of imidazole rings is 1. The van der Waals surface area contributed by atoms with E-state index in [1.54, 1.807) is 22.9 Å². The predicted molar refractivity (Wildman–Crippen MR) is 105 cm³/mol. The van der Waals surface area contributed by atoms with Crippen LogP contribution in [0.3, 0.4) is 0 Å². The molecule has 4 rings (SSSR count). The van der Waals surface area contributed by atoms with Crippen molar-refractivity contribution in [1.29, 1.82) is 0 Å². The number of amides is 1. The molecule has 146 valence electrons. The fourth-order valence-electron chi connectivity index (χ4n) is 2.87. The highest BCUT2D eigenvalue weighted by Crippen LogP contribution is 2.22. The van der Waals surface area contributed by atoms with E-state index in [4.69, 9.17) is 4.52 Å². The van der Waals surface area contributed by atoms with Crippen LogP contribution in [0.1, 0.15) is 11.1 Å². The predicted octanol–water partition coefficient (Wildman–Crippen LogP) is 3.99. The van der Waals surface area contributed by atoms with Crippen LogP contribution in [0.15, 0.2) is 59.5 Å². The van der Waals surface area contributed by atoms with Crippen LogP contribution in [0.5, 0.6) is 0 Å². The van der Waals surface area contributed by atoms with Crippen LogP contribution in [-0.2, 0) is 11.3 Å². The number of aryl methyl sites for hydroxylation is 1. The van der Waals surface area contributed by atoms with Gasteiger partial charge in [0.1, 0.15) is 18.1 Å². The van der Waals surface area contributed by atoms with Gasteiger partial charge in [-0.2, -0.15) is 4.98 Å². The Morgan fingerprint density at radius 1 is 1.21 bits per heavy atom. The van der Waals surface area contributed by atoms with Gasteiger partial charge in [0.25, 0.3) is 5.89 Å². The topological polar surface area (TPSA) is 85.8 Å². The first kappa shape index (κ1) is 18.5. The number of hydrogen-bond donors (Lipinski definition) is 1. The van der Waals surface area contributed by atoms with Gasteiger partial charge in [0.15, 0.2) is 0 Å². The van der Waals surface area contributed by atoms with Gasteiger partial charge < -0.3 is 14.4 Å². The summed E-state index contributed by atoms with van der Waals surface area (Å²) in [5.41, 5.74) is 3.86. The van der Waals surface area contributed by atoms with Gasteiger partial charge in [0.2, 0.25) is 11.7 Å². The zero-order valence-electron chi connectivity index (χ0n) is 15.9. The summed E-state index contributed by atoms with van der Waals surface area (Å²) < 4.78 is 20.2. The molecule has 2 heterocycles. The molecule has 0 saturated carbocycles. The molecule has 0 saturated heterocycles. The van der Waals surface area contributed by atoms with Crippen molar-refractivity contribution in [2.75, 3.05) is 5.32 Å². The van der Waals surface area contributed by atoms with Gasteiger partial charge in [0, 0.05) is 17.4 Å². The van der Waals surface area contributed by atoms with E-state index in [9.17, 15) is 9.18 Å². The molecular weight excluding hydrogens is 373 g/mol. The molecule has 0 aliphatic carbocycles. The molecule has 0 spiro atoms. The normalized spacial score (nSPS) is 10.9. The van der Waals surface area contributed by atoms with Crippen molar-refractivity contribution in [3.8, 4) is 23.0 Å². The van der Waals surface area contributed by atoms with E-state index in [2.05, 4.69) is 20.4 Å². The number of nitrogens with zero attached hydrogens (tertiary/aromatic N) is 4. The maximum absolute atomic E-state index is 13.4. The first-order valence-electron chi connectivity index (χ1n) is 8.97. The quantitative estimate of drug-likeness (QED) is 0.556. The Morgan fingerprint density at radius 3 is 2.86 bits per heavy atom. The van der Waals surface area contributed by atoms with Gasteiger partial charge in [-0.25, -0.2) is 9.37 Å². The summed E-state index contributed by atoms with van der Waals surface area (Å²) in [6.45, 7) is 4.05. The largest absolute Gasteiger partial charge is 0.334 e. The lowest BCUT2D eigenvalue weighted by molar-refractivity contribution is -0.116. The third-order valence-corrected chi connectivity index (χ3v) is 4.56. The number of nitrogens with one attached hydrogen (secondary N) is 1. The van der Waals surface area contributed by atoms with Crippen molar-refractivity contribution in [3.63, 3.8) is 0 Å². The number of anilines is 1. The van der Waals surface area contributed by atoms with Crippen LogP contribution in [0.4, 0.5) is 10.1 Å². The van der Waals surface area contributed by atoms with Crippen molar-refractivity contribution in [1.82, 2.24) is 19.7 Å². The minimum atomic E-state index is -0.388. The molecule has 2 aromatic heterocycles. The fourth-order valence-corrected chi connectivity index (χ4v) is 2.87. The van der Waals surface area contributed by atoms with Crippen LogP contribution >= 0.6 is 0 Å². The molecule has 0 bridgehead atoms. The monoisotopic (exact) mass is 391 g/mol. The van der Waals surface area contributed by atoms with E-state index < -0.39 is 0 Å². The summed E-state index contributed by atoms with van der Waals surface area (Å²) in [4.78, 5) is 20.8. The van der Waals surface area contributed by atoms with Gasteiger partial charge in [-0.1, -0.05) is 23.4 Å². The maximum atomic E-state index is 13.4. The second-order valence-electron chi connectivity index (χ2n) is 6.66. The summed E-state index contributed by atoms with van der Waals surface area (Å²) in [6.07, 6.45) is 3.18. The lowest BCUT2D eigenvalue weighted by Crippen LogP contribution is -2.18. The molecule has 1 amide bonds. The Hall–Kier alpha value is -3.81. The zero-order chi connectivity index (χ0) is 20.4. The summed E-state index contributed by atoms with van der Waals surface area (Å²) in [7, 11) is 0. The van der Waals surface area contributed by atoms with Crippen molar-refractivity contribution < 1.29 is 13.7 Å². The van der Waals surface area contributed by atoms with Crippen LogP contribution in [-0.4, -0.2) is 25.6 Å². The van der Waals surface area contributed by atoms with Crippen LogP contribution in [0.25, 0.3) is 23.0 Å². The van der Waals surface area contributed by atoms with Gasteiger partial charge >= 0.3 is 0 Å². The Morgan fingerprint density at radius 2 is 2.03 bits per heavy atom. The number of benzene rings is 2. The second-order valence-corrected chi connectivity index (χ2v) is 6.66. The van der Waals surface area contributed by atoms with Gasteiger partial charge in [-0.3, -0.25) is 4.79 Å². The number of carbonyl (C=O) groups excluding carboxylic acids is 1. The lowest BCUT2D eigenvalue weighted by Gasteiger charge is -2.10. The van der Waals surface area contributed by atoms with E-state index in [1.165, 1.54) is 18.5 Å². The number of rotatable bonds is 5. The zero-order valence-corrected chi connectivity index (χ0v) is 15.9. The SMILES string of the molecule is Cc1cccc(NC(=O)Cn2cnc(-c3noc(-c4cccc(F)c4)n3)c2)c1C. The molecule has 1 N–H and O–H groups in total. The van der Waals surface area contributed by atoms with E-state index in [1.807, 2.05) is 32.0 Å². The number of aromatic nitrogens is 4. The Kier molecular flexibility index (Phi) is 4.90. The summed E-state index contributed by atoms with van der Waals surface area (Å²) in [6, 6.07) is 11.7. The van der Waals surface area contributed by atoms with Crippen molar-refractivity contribution >= 4 is 11.6 Å². The molecule has 0 aliphatic rings. The third kappa shape index (κ3) is 4.06. The average Bonchev–Trinajstić information content (AvgIpc) is 3.35. The van der Waals surface area contributed by atoms with E-state index in [-0.39, 0.29) is 30.0 Å². The van der Waals surface area contributed by atoms with Gasteiger partial charge in [-0.15, -0.1) is 0 Å². The molecular formula is C21H18FN5O2. The van der Waals surface area contributed by atoms with Crippen molar-refractivity contribution in [2.45, 2.75) is 20.4 Å². The summed E-state index contributed by atoms with van der Waals surface area (Å²) >= 11 is 0. The molecule has 4 aromatic rings.